The molecule has 0 spiro atoms. The second-order valence-electron chi connectivity index (χ2n) is 4.17. The van der Waals surface area contributed by atoms with E-state index in [1.807, 2.05) is 29.6 Å². The van der Waals surface area contributed by atoms with Crippen LogP contribution in [-0.4, -0.2) is 18.8 Å². The van der Waals surface area contributed by atoms with Crippen molar-refractivity contribution in [2.75, 3.05) is 12.0 Å². The Hall–Kier alpha value is -2.14. The van der Waals surface area contributed by atoms with E-state index in [9.17, 15) is 9.59 Å². The highest BCUT2D eigenvalue weighted by Gasteiger charge is 2.48. The van der Waals surface area contributed by atoms with Gasteiger partial charge in [0.25, 0.3) is 5.91 Å². The van der Waals surface area contributed by atoms with Crippen LogP contribution < -0.4 is 9.64 Å². The number of rotatable bonds is 3. The van der Waals surface area contributed by atoms with E-state index in [-0.39, 0.29) is 5.78 Å². The lowest BCUT2D eigenvalue weighted by atomic mass is 9.93. The molecule has 0 saturated carbocycles. The first-order valence-corrected chi connectivity index (χ1v) is 6.65. The minimum atomic E-state index is -0.503. The van der Waals surface area contributed by atoms with Gasteiger partial charge in [0.05, 0.1) is 12.1 Å². The summed E-state index contributed by atoms with van der Waals surface area (Å²) in [6.07, 6.45) is 0. The maximum absolute atomic E-state index is 11.8. The van der Waals surface area contributed by atoms with Crippen molar-refractivity contribution in [3.63, 3.8) is 0 Å². The Morgan fingerprint density at radius 1 is 1.16 bits per heavy atom. The lowest BCUT2D eigenvalue weighted by Crippen LogP contribution is -2.55. The molecule has 1 fully saturated rings. The first-order chi connectivity index (χ1) is 9.22. The predicted molar refractivity (Wildman–Crippen MR) is 72.5 cm³/mol. The fourth-order valence-electron chi connectivity index (χ4n) is 2.12. The molecule has 19 heavy (non-hydrogen) atoms. The van der Waals surface area contributed by atoms with E-state index in [4.69, 9.17) is 4.74 Å². The molecule has 4 nitrogen and oxygen atoms in total. The van der Waals surface area contributed by atoms with Gasteiger partial charge in [0.2, 0.25) is 5.78 Å². The molecule has 1 aliphatic heterocycles. The van der Waals surface area contributed by atoms with E-state index < -0.39 is 11.9 Å². The standard InChI is InChI=1S/C14H11NO3S/c1-18-10-6-4-9(5-7-10)12-13(16)14(17)15(12)11-3-2-8-19-11/h2-8,12H,1H3. The number of carbonyl (C=O) groups is 2. The van der Waals surface area contributed by atoms with Crippen molar-refractivity contribution in [2.24, 2.45) is 0 Å². The number of nitrogens with zero attached hydrogens (tertiary/aromatic N) is 1. The number of ketones is 1. The Labute approximate surface area is 114 Å². The van der Waals surface area contributed by atoms with Crippen LogP contribution in [0.2, 0.25) is 0 Å². The van der Waals surface area contributed by atoms with Gasteiger partial charge in [-0.2, -0.15) is 0 Å². The van der Waals surface area contributed by atoms with Crippen molar-refractivity contribution in [3.05, 3.63) is 47.3 Å². The number of hydrogen-bond acceptors (Lipinski definition) is 4. The summed E-state index contributed by atoms with van der Waals surface area (Å²) in [4.78, 5) is 25.1. The van der Waals surface area contributed by atoms with E-state index in [1.54, 1.807) is 19.2 Å². The Kier molecular flexibility index (Phi) is 2.83. The zero-order valence-corrected chi connectivity index (χ0v) is 11.0. The van der Waals surface area contributed by atoms with Crippen molar-refractivity contribution in [1.82, 2.24) is 0 Å². The molecular formula is C14H11NO3S. The molecule has 1 saturated heterocycles. The second-order valence-corrected chi connectivity index (χ2v) is 5.09. The molecule has 0 radical (unpaired) electrons. The average molecular weight is 273 g/mol. The van der Waals surface area contributed by atoms with Gasteiger partial charge in [-0.15, -0.1) is 11.3 Å². The second kappa shape index (κ2) is 4.51. The molecule has 1 atom stereocenters. The molecule has 2 aromatic rings. The normalized spacial score (nSPS) is 18.4. The van der Waals surface area contributed by atoms with Gasteiger partial charge in [-0.05, 0) is 35.2 Å². The highest BCUT2D eigenvalue weighted by atomic mass is 32.1. The largest absolute Gasteiger partial charge is 0.497 e. The van der Waals surface area contributed by atoms with Crippen LogP contribution in [-0.2, 0) is 9.59 Å². The average Bonchev–Trinajstić information content (AvgIpc) is 2.97. The summed E-state index contributed by atoms with van der Waals surface area (Å²) >= 11 is 1.45. The third-order valence-corrected chi connectivity index (χ3v) is 3.98. The third kappa shape index (κ3) is 1.82. The van der Waals surface area contributed by atoms with Gasteiger partial charge in [0.1, 0.15) is 11.8 Å². The first kappa shape index (κ1) is 11.9. The molecule has 5 heteroatoms. The quantitative estimate of drug-likeness (QED) is 0.637. The van der Waals surface area contributed by atoms with Gasteiger partial charge < -0.3 is 4.74 Å². The Morgan fingerprint density at radius 3 is 2.47 bits per heavy atom. The number of hydrogen-bond donors (Lipinski definition) is 0. The number of anilines is 1. The maximum atomic E-state index is 11.8. The molecule has 2 heterocycles. The fourth-order valence-corrected chi connectivity index (χ4v) is 2.88. The van der Waals surface area contributed by atoms with Crippen molar-refractivity contribution in [1.29, 1.82) is 0 Å². The minimum Gasteiger partial charge on any atom is -0.497 e. The molecule has 1 aliphatic rings. The lowest BCUT2D eigenvalue weighted by molar-refractivity contribution is -0.143. The van der Waals surface area contributed by atoms with Crippen LogP contribution in [0.25, 0.3) is 0 Å². The van der Waals surface area contributed by atoms with E-state index in [1.165, 1.54) is 16.2 Å². The van der Waals surface area contributed by atoms with Gasteiger partial charge >= 0.3 is 0 Å². The summed E-state index contributed by atoms with van der Waals surface area (Å²) in [6, 6.07) is 10.4. The summed E-state index contributed by atoms with van der Waals surface area (Å²) in [5.74, 6) is -0.0774. The van der Waals surface area contributed by atoms with Crippen molar-refractivity contribution in [2.45, 2.75) is 6.04 Å². The number of carbonyl (C=O) groups excluding carboxylic acids is 2. The Bertz CT molecular complexity index is 619. The van der Waals surface area contributed by atoms with Crippen molar-refractivity contribution in [3.8, 4) is 5.75 Å². The molecule has 0 bridgehead atoms. The summed E-state index contributed by atoms with van der Waals surface area (Å²) in [7, 11) is 1.59. The number of amides is 1. The number of benzene rings is 1. The molecule has 0 N–H and O–H groups in total. The highest BCUT2D eigenvalue weighted by molar-refractivity contribution is 7.14. The Balaban J connectivity index is 1.94. The van der Waals surface area contributed by atoms with E-state index in [2.05, 4.69) is 0 Å². The number of thiophene rings is 1. The minimum absolute atomic E-state index is 0.362. The summed E-state index contributed by atoms with van der Waals surface area (Å²) in [5, 5.41) is 2.68. The van der Waals surface area contributed by atoms with Gasteiger partial charge in [-0.25, -0.2) is 0 Å². The van der Waals surface area contributed by atoms with Crippen LogP contribution >= 0.6 is 11.3 Å². The van der Waals surface area contributed by atoms with Crippen LogP contribution in [0.3, 0.4) is 0 Å². The number of methoxy groups -OCH3 is 1. The molecular weight excluding hydrogens is 262 g/mol. The Morgan fingerprint density at radius 2 is 1.89 bits per heavy atom. The molecule has 96 valence electrons. The van der Waals surface area contributed by atoms with Gasteiger partial charge in [0, 0.05) is 0 Å². The van der Waals surface area contributed by atoms with E-state index in [0.717, 1.165) is 16.3 Å². The molecule has 1 unspecified atom stereocenters. The molecule has 1 aromatic heterocycles. The smallest absolute Gasteiger partial charge is 0.298 e. The molecule has 0 aliphatic carbocycles. The fraction of sp³-hybridized carbons (Fsp3) is 0.143. The van der Waals surface area contributed by atoms with Crippen molar-refractivity contribution < 1.29 is 14.3 Å². The maximum Gasteiger partial charge on any atom is 0.298 e. The number of Topliss-reactive ketones (excluding diaryl/α,β-unsaturated/α-hetero) is 1. The first-order valence-electron chi connectivity index (χ1n) is 5.77. The van der Waals surface area contributed by atoms with E-state index in [0.29, 0.717) is 0 Å². The SMILES string of the molecule is COc1ccc(C2C(=O)C(=O)N2c2cccs2)cc1. The predicted octanol–water partition coefficient (Wildman–Crippen LogP) is 2.41. The molecule has 1 amide bonds. The van der Waals surface area contributed by atoms with Crippen LogP contribution in [0.5, 0.6) is 5.75 Å². The van der Waals surface area contributed by atoms with Gasteiger partial charge in [0.15, 0.2) is 0 Å². The topological polar surface area (TPSA) is 46.6 Å². The van der Waals surface area contributed by atoms with Crippen LogP contribution in [0.15, 0.2) is 41.8 Å². The molecule has 1 aromatic carbocycles. The van der Waals surface area contributed by atoms with Gasteiger partial charge in [-0.1, -0.05) is 12.1 Å². The van der Waals surface area contributed by atoms with Gasteiger partial charge in [-0.3, -0.25) is 14.5 Å². The third-order valence-electron chi connectivity index (χ3n) is 3.11. The zero-order chi connectivity index (χ0) is 13.4. The number of β-lactam (4-membered cyclic amide) rings is 1. The summed E-state index contributed by atoms with van der Waals surface area (Å²) < 4.78 is 5.08. The lowest BCUT2D eigenvalue weighted by Gasteiger charge is -2.37. The monoisotopic (exact) mass is 273 g/mol. The van der Waals surface area contributed by atoms with Crippen LogP contribution in [0, 0.1) is 0 Å². The summed E-state index contributed by atoms with van der Waals surface area (Å²) in [6.45, 7) is 0. The van der Waals surface area contributed by atoms with Crippen LogP contribution in [0.1, 0.15) is 11.6 Å². The summed E-state index contributed by atoms with van der Waals surface area (Å²) in [5.41, 5.74) is 0.804. The molecule has 3 rings (SSSR count). The zero-order valence-electron chi connectivity index (χ0n) is 10.2. The highest BCUT2D eigenvalue weighted by Crippen LogP contribution is 2.38. The van der Waals surface area contributed by atoms with Crippen LogP contribution in [0.4, 0.5) is 5.00 Å². The number of ether oxygens (including phenoxy) is 1. The van der Waals surface area contributed by atoms with E-state index >= 15 is 0 Å². The van der Waals surface area contributed by atoms with Crippen molar-refractivity contribution >= 4 is 28.0 Å².